The maximum atomic E-state index is 2.49. The van der Waals surface area contributed by atoms with Crippen LogP contribution in [0.15, 0.2) is 170 Å². The molecule has 2 nitrogen and oxygen atoms in total. The van der Waals surface area contributed by atoms with Gasteiger partial charge in [-0.25, -0.2) is 0 Å². The molecule has 0 N–H and O–H groups in total. The van der Waals surface area contributed by atoms with E-state index in [0.717, 1.165) is 0 Å². The molecule has 0 bridgehead atoms. The van der Waals surface area contributed by atoms with Crippen molar-refractivity contribution in [2.75, 3.05) is 0 Å². The van der Waals surface area contributed by atoms with Crippen molar-refractivity contribution in [3.8, 4) is 5.69 Å². The second kappa shape index (κ2) is 11.5. The summed E-state index contributed by atoms with van der Waals surface area (Å²) in [4.78, 5) is 0. The third-order valence-electron chi connectivity index (χ3n) is 10.4. The number of rotatable bonds is 6. The summed E-state index contributed by atoms with van der Waals surface area (Å²) in [6, 6.07) is 62.4. The quantitative estimate of drug-likeness (QED) is 0.176. The van der Waals surface area contributed by atoms with Crippen molar-refractivity contribution < 1.29 is 0 Å². The number of aryl methyl sites for hydroxylation is 1. The highest BCUT2D eigenvalue weighted by Gasteiger charge is 2.25. The van der Waals surface area contributed by atoms with Gasteiger partial charge in [-0.3, -0.25) is 0 Å². The van der Waals surface area contributed by atoms with Crippen LogP contribution in [0.5, 0.6) is 0 Å². The number of aromatic nitrogens is 2. The Morgan fingerprint density at radius 3 is 1.58 bits per heavy atom. The Balaban J connectivity index is 1.36. The predicted molar refractivity (Wildman–Crippen MR) is 210 cm³/mol. The molecule has 48 heavy (non-hydrogen) atoms. The number of para-hydroxylation sites is 1. The van der Waals surface area contributed by atoms with E-state index in [9.17, 15) is 0 Å². The second-order valence-electron chi connectivity index (χ2n) is 13.0. The fourth-order valence-electron chi connectivity index (χ4n) is 7.93. The molecular formula is C44H34B2N2. The van der Waals surface area contributed by atoms with E-state index < -0.39 is 0 Å². The molecular weight excluding hydrogens is 578 g/mol. The highest BCUT2D eigenvalue weighted by Crippen LogP contribution is 2.40. The van der Waals surface area contributed by atoms with Crippen LogP contribution in [0, 0.1) is 0 Å². The van der Waals surface area contributed by atoms with Gasteiger partial charge in [0.2, 0.25) is 13.4 Å². The van der Waals surface area contributed by atoms with Gasteiger partial charge in [-0.1, -0.05) is 174 Å². The Morgan fingerprint density at radius 2 is 0.938 bits per heavy atom. The van der Waals surface area contributed by atoms with Crippen LogP contribution in [-0.2, 0) is 7.05 Å². The summed E-state index contributed by atoms with van der Waals surface area (Å²) in [5.74, 6) is 0. The summed E-state index contributed by atoms with van der Waals surface area (Å²) in [6.45, 7) is 2.74. The Labute approximate surface area is 282 Å². The highest BCUT2D eigenvalue weighted by atomic mass is 15.0. The molecule has 7 aromatic carbocycles. The molecule has 2 heterocycles. The van der Waals surface area contributed by atoms with E-state index >= 15 is 0 Å². The van der Waals surface area contributed by atoms with E-state index in [0.29, 0.717) is 6.71 Å². The zero-order chi connectivity index (χ0) is 32.2. The first-order valence-electron chi connectivity index (χ1n) is 16.9. The van der Waals surface area contributed by atoms with Gasteiger partial charge in [0.1, 0.15) is 0 Å². The molecule has 226 valence electrons. The molecule has 0 aliphatic heterocycles. The highest BCUT2D eigenvalue weighted by molar-refractivity contribution is 6.95. The number of hydrogen-bond donors (Lipinski definition) is 0. The molecule has 0 radical (unpaired) electrons. The van der Waals surface area contributed by atoms with E-state index in [4.69, 9.17) is 0 Å². The lowest BCUT2D eigenvalue weighted by atomic mass is 9.37. The van der Waals surface area contributed by atoms with Gasteiger partial charge < -0.3 is 9.13 Å². The summed E-state index contributed by atoms with van der Waals surface area (Å²) in [5, 5.41) is 5.15. The first-order chi connectivity index (χ1) is 23.7. The van der Waals surface area contributed by atoms with Crippen molar-refractivity contribution in [3.63, 3.8) is 0 Å². The molecule has 0 atom stereocenters. The molecule has 9 rings (SSSR count). The van der Waals surface area contributed by atoms with Gasteiger partial charge in [-0.15, -0.1) is 0 Å². The predicted octanol–water partition coefficient (Wildman–Crippen LogP) is 7.18. The van der Waals surface area contributed by atoms with Crippen LogP contribution in [0.3, 0.4) is 0 Å². The van der Waals surface area contributed by atoms with Crippen LogP contribution >= 0.6 is 0 Å². The average Bonchev–Trinajstić information content (AvgIpc) is 3.64. The lowest BCUT2D eigenvalue weighted by molar-refractivity contribution is 1.01. The molecule has 0 aliphatic rings. The van der Waals surface area contributed by atoms with E-state index in [1.807, 2.05) is 0 Å². The van der Waals surface area contributed by atoms with Gasteiger partial charge in [0.05, 0.1) is 16.6 Å². The van der Waals surface area contributed by atoms with Crippen LogP contribution in [0.25, 0.3) is 49.3 Å². The van der Waals surface area contributed by atoms with Crippen LogP contribution in [0.4, 0.5) is 0 Å². The summed E-state index contributed by atoms with van der Waals surface area (Å²) in [7, 11) is 2.20. The van der Waals surface area contributed by atoms with Crippen molar-refractivity contribution in [2.24, 2.45) is 7.05 Å². The Morgan fingerprint density at radius 1 is 0.417 bits per heavy atom. The Hall–Kier alpha value is -5.73. The molecule has 0 amide bonds. The fourth-order valence-corrected chi connectivity index (χ4v) is 7.93. The van der Waals surface area contributed by atoms with Crippen molar-refractivity contribution in [2.45, 2.75) is 6.82 Å². The minimum Gasteiger partial charge on any atom is -0.344 e. The molecule has 0 fully saturated rings. The number of fused-ring (bicyclic) bond motifs is 7. The van der Waals surface area contributed by atoms with Gasteiger partial charge in [-0.05, 0) is 30.3 Å². The molecule has 4 heteroatoms. The Bertz CT molecular complexity index is 2530. The molecule has 0 saturated heterocycles. The summed E-state index contributed by atoms with van der Waals surface area (Å²) >= 11 is 0. The third-order valence-corrected chi connectivity index (χ3v) is 10.4. The lowest BCUT2D eigenvalue weighted by Gasteiger charge is -2.16. The third kappa shape index (κ3) is 4.52. The van der Waals surface area contributed by atoms with E-state index in [1.165, 1.54) is 76.6 Å². The van der Waals surface area contributed by atoms with Gasteiger partial charge in [0.15, 0.2) is 0 Å². The van der Waals surface area contributed by atoms with Gasteiger partial charge in [-0.2, -0.15) is 0 Å². The normalized spacial score (nSPS) is 11.5. The van der Waals surface area contributed by atoms with Crippen molar-refractivity contribution in [1.82, 2.24) is 9.13 Å². The monoisotopic (exact) mass is 612 g/mol. The zero-order valence-electron chi connectivity index (χ0n) is 27.2. The number of benzene rings is 7. The Kier molecular flexibility index (Phi) is 6.83. The van der Waals surface area contributed by atoms with Crippen LogP contribution in [0.1, 0.15) is 0 Å². The maximum Gasteiger partial charge on any atom is 0.241 e. The van der Waals surface area contributed by atoms with Crippen molar-refractivity contribution in [1.29, 1.82) is 0 Å². The second-order valence-corrected chi connectivity index (χ2v) is 13.0. The first kappa shape index (κ1) is 28.5. The zero-order valence-corrected chi connectivity index (χ0v) is 27.2. The van der Waals surface area contributed by atoms with Gasteiger partial charge in [0, 0.05) is 39.8 Å². The summed E-state index contributed by atoms with van der Waals surface area (Å²) in [5.41, 5.74) is 12.7. The average molecular weight is 612 g/mol. The number of nitrogens with zero attached hydrogens (tertiary/aromatic N) is 2. The smallest absolute Gasteiger partial charge is 0.241 e. The van der Waals surface area contributed by atoms with E-state index in [-0.39, 0.29) is 6.71 Å². The molecule has 2 aromatic heterocycles. The fraction of sp³-hybridized carbons (Fsp3) is 0.0455. The van der Waals surface area contributed by atoms with Crippen molar-refractivity contribution >= 4 is 84.4 Å². The van der Waals surface area contributed by atoms with E-state index in [1.54, 1.807) is 0 Å². The van der Waals surface area contributed by atoms with E-state index in [2.05, 4.69) is 193 Å². The molecule has 0 saturated carbocycles. The molecule has 9 aromatic rings. The minimum absolute atomic E-state index is 0.134. The summed E-state index contributed by atoms with van der Waals surface area (Å²) in [6.07, 6.45) is 0. The topological polar surface area (TPSA) is 9.86 Å². The van der Waals surface area contributed by atoms with Crippen LogP contribution < -0.4 is 27.3 Å². The first-order valence-corrected chi connectivity index (χ1v) is 16.9. The molecule has 0 spiro atoms. The van der Waals surface area contributed by atoms with Gasteiger partial charge in [0.25, 0.3) is 0 Å². The SMILES string of the molecule is CB(c1ccccc1)c1ccc2c(c1)c1c(ccc3c4cc(B(c5ccccc5)c5ccccc5)ccc4n(-c4ccccc4)c31)n2C. The lowest BCUT2D eigenvalue weighted by Crippen LogP contribution is -2.51. The summed E-state index contributed by atoms with van der Waals surface area (Å²) < 4.78 is 4.85. The molecule has 0 unspecified atom stereocenters. The number of hydrogen-bond acceptors (Lipinski definition) is 0. The minimum atomic E-state index is 0.134. The largest absolute Gasteiger partial charge is 0.344 e. The van der Waals surface area contributed by atoms with Gasteiger partial charge >= 0.3 is 0 Å². The van der Waals surface area contributed by atoms with Crippen LogP contribution in [0.2, 0.25) is 6.82 Å². The molecule has 0 aliphatic carbocycles. The van der Waals surface area contributed by atoms with Crippen molar-refractivity contribution in [3.05, 3.63) is 170 Å². The standard InChI is InChI=1S/C44H34B2N2/c1-45(31-15-7-3-8-16-31)34-23-26-40-39(29-34)43-42(47(40)2)28-25-37-38-30-35(24-27-41(38)48(44(37)43)36-21-13-6-14-22-36)46(32-17-9-4-10-18-32)33-19-11-5-12-20-33/h3-30H,1-2H3. The maximum absolute atomic E-state index is 2.49. The van der Waals surface area contributed by atoms with Crippen LogP contribution in [-0.4, -0.2) is 22.6 Å².